The van der Waals surface area contributed by atoms with Crippen molar-refractivity contribution in [3.05, 3.63) is 41.1 Å². The SMILES string of the molecule is O=COC(Cc1cscn1)Nc1cccnc1. The molecule has 2 aromatic rings. The molecule has 0 aliphatic rings. The molecule has 0 aliphatic carbocycles. The second kappa shape index (κ2) is 5.95. The van der Waals surface area contributed by atoms with Gasteiger partial charge in [-0.25, -0.2) is 4.98 Å². The summed E-state index contributed by atoms with van der Waals surface area (Å²) in [5.74, 6) is 0. The minimum atomic E-state index is -0.432. The van der Waals surface area contributed by atoms with Crippen LogP contribution in [0.4, 0.5) is 5.69 Å². The number of thiazole rings is 1. The molecule has 0 spiro atoms. The van der Waals surface area contributed by atoms with Gasteiger partial charge in [-0.05, 0) is 12.1 Å². The van der Waals surface area contributed by atoms with Crippen LogP contribution in [0.1, 0.15) is 5.69 Å². The van der Waals surface area contributed by atoms with Gasteiger partial charge in [0.05, 0.1) is 23.1 Å². The maximum Gasteiger partial charge on any atom is 0.295 e. The van der Waals surface area contributed by atoms with E-state index in [0.29, 0.717) is 12.9 Å². The molecular weight excluding hydrogens is 238 g/mol. The first-order valence-corrected chi connectivity index (χ1v) is 5.95. The predicted octanol–water partition coefficient (Wildman–Crippen LogP) is 1.69. The molecule has 0 amide bonds. The Morgan fingerprint density at radius 3 is 3.18 bits per heavy atom. The second-order valence-corrected chi connectivity index (χ2v) is 4.01. The summed E-state index contributed by atoms with van der Waals surface area (Å²) in [5.41, 5.74) is 3.44. The number of hydrogen-bond donors (Lipinski definition) is 1. The van der Waals surface area contributed by atoms with Crippen molar-refractivity contribution in [2.45, 2.75) is 12.6 Å². The first-order chi connectivity index (χ1) is 8.38. The highest BCUT2D eigenvalue weighted by molar-refractivity contribution is 7.07. The molecule has 0 saturated carbocycles. The smallest absolute Gasteiger partial charge is 0.295 e. The number of ether oxygens (including phenoxy) is 1. The van der Waals surface area contributed by atoms with Crippen LogP contribution in [0.25, 0.3) is 0 Å². The van der Waals surface area contributed by atoms with Crippen molar-refractivity contribution < 1.29 is 9.53 Å². The van der Waals surface area contributed by atoms with Crippen molar-refractivity contribution in [3.8, 4) is 0 Å². The van der Waals surface area contributed by atoms with E-state index >= 15 is 0 Å². The van der Waals surface area contributed by atoms with Crippen LogP contribution in [-0.2, 0) is 16.0 Å². The fourth-order valence-corrected chi connectivity index (χ4v) is 1.93. The number of rotatable bonds is 6. The lowest BCUT2D eigenvalue weighted by Crippen LogP contribution is -2.25. The van der Waals surface area contributed by atoms with Gasteiger partial charge in [0.2, 0.25) is 0 Å². The lowest BCUT2D eigenvalue weighted by Gasteiger charge is -2.16. The fourth-order valence-electron chi connectivity index (χ4n) is 1.36. The number of hydrogen-bond acceptors (Lipinski definition) is 6. The van der Waals surface area contributed by atoms with E-state index in [-0.39, 0.29) is 0 Å². The van der Waals surface area contributed by atoms with Crippen LogP contribution < -0.4 is 5.32 Å². The topological polar surface area (TPSA) is 64.1 Å². The number of pyridine rings is 1. The zero-order chi connectivity index (χ0) is 11.9. The van der Waals surface area contributed by atoms with E-state index in [1.54, 1.807) is 17.9 Å². The highest BCUT2D eigenvalue weighted by Crippen LogP contribution is 2.10. The van der Waals surface area contributed by atoms with Crippen LogP contribution >= 0.6 is 11.3 Å². The van der Waals surface area contributed by atoms with Gasteiger partial charge in [0, 0.05) is 18.0 Å². The lowest BCUT2D eigenvalue weighted by molar-refractivity contribution is -0.132. The number of nitrogens with one attached hydrogen (secondary N) is 1. The Morgan fingerprint density at radius 1 is 1.59 bits per heavy atom. The van der Waals surface area contributed by atoms with Crippen LogP contribution in [-0.4, -0.2) is 22.7 Å². The van der Waals surface area contributed by atoms with E-state index in [9.17, 15) is 4.79 Å². The molecule has 0 radical (unpaired) electrons. The standard InChI is InChI=1S/C11H11N3O2S/c15-8-16-11(4-10-6-17-7-13-10)14-9-2-1-3-12-5-9/h1-3,5-8,11,14H,4H2. The summed E-state index contributed by atoms with van der Waals surface area (Å²) < 4.78 is 4.96. The summed E-state index contributed by atoms with van der Waals surface area (Å²) >= 11 is 1.51. The number of anilines is 1. The molecule has 0 bridgehead atoms. The van der Waals surface area contributed by atoms with Crippen LogP contribution in [0.5, 0.6) is 0 Å². The molecule has 1 N–H and O–H groups in total. The monoisotopic (exact) mass is 249 g/mol. The van der Waals surface area contributed by atoms with E-state index < -0.39 is 6.23 Å². The Hall–Kier alpha value is -1.95. The van der Waals surface area contributed by atoms with Gasteiger partial charge in [0.1, 0.15) is 0 Å². The quantitative estimate of drug-likeness (QED) is 0.623. The molecular formula is C11H11N3O2S. The van der Waals surface area contributed by atoms with Crippen molar-refractivity contribution in [3.63, 3.8) is 0 Å². The van der Waals surface area contributed by atoms with E-state index in [1.807, 2.05) is 17.5 Å². The molecule has 2 aromatic heterocycles. The van der Waals surface area contributed by atoms with Crippen LogP contribution in [0.15, 0.2) is 35.4 Å². The van der Waals surface area contributed by atoms with Crippen molar-refractivity contribution >= 4 is 23.5 Å². The minimum absolute atomic E-state index is 0.431. The van der Waals surface area contributed by atoms with Gasteiger partial charge < -0.3 is 10.1 Å². The van der Waals surface area contributed by atoms with Crippen molar-refractivity contribution in [1.29, 1.82) is 0 Å². The Labute approximate surface area is 102 Å². The normalized spacial score (nSPS) is 11.8. The van der Waals surface area contributed by atoms with Crippen LogP contribution in [0.3, 0.4) is 0 Å². The molecule has 1 atom stereocenters. The Bertz CT molecular complexity index is 447. The van der Waals surface area contributed by atoms with Gasteiger partial charge in [-0.1, -0.05) is 0 Å². The van der Waals surface area contributed by atoms with Gasteiger partial charge in [0.25, 0.3) is 6.47 Å². The Balaban J connectivity index is 2.00. The molecule has 17 heavy (non-hydrogen) atoms. The van der Waals surface area contributed by atoms with Gasteiger partial charge in [0.15, 0.2) is 6.23 Å². The summed E-state index contributed by atoms with van der Waals surface area (Å²) in [6, 6.07) is 3.67. The van der Waals surface area contributed by atoms with Crippen molar-refractivity contribution in [2.75, 3.05) is 5.32 Å². The van der Waals surface area contributed by atoms with Crippen molar-refractivity contribution in [1.82, 2.24) is 9.97 Å². The maximum atomic E-state index is 10.4. The number of carbonyl (C=O) groups is 1. The molecule has 0 aromatic carbocycles. The minimum Gasteiger partial charge on any atom is -0.444 e. The highest BCUT2D eigenvalue weighted by Gasteiger charge is 2.11. The fraction of sp³-hybridized carbons (Fsp3) is 0.182. The largest absolute Gasteiger partial charge is 0.444 e. The first kappa shape index (κ1) is 11.5. The van der Waals surface area contributed by atoms with Gasteiger partial charge in [-0.2, -0.15) is 0 Å². The predicted molar refractivity (Wildman–Crippen MR) is 64.6 cm³/mol. The average molecular weight is 249 g/mol. The number of aromatic nitrogens is 2. The van der Waals surface area contributed by atoms with E-state index in [0.717, 1.165) is 11.4 Å². The summed E-state index contributed by atoms with van der Waals surface area (Å²) in [6.07, 6.45) is 3.44. The average Bonchev–Trinajstić information content (AvgIpc) is 2.83. The first-order valence-electron chi connectivity index (χ1n) is 5.01. The molecule has 88 valence electrons. The Morgan fingerprint density at radius 2 is 2.53 bits per heavy atom. The summed E-state index contributed by atoms with van der Waals surface area (Å²) in [6.45, 7) is 0.431. The molecule has 5 nitrogen and oxygen atoms in total. The Kier molecular flexibility index (Phi) is 4.04. The summed E-state index contributed by atoms with van der Waals surface area (Å²) in [5, 5.41) is 4.99. The van der Waals surface area contributed by atoms with E-state index in [2.05, 4.69) is 15.3 Å². The molecule has 2 rings (SSSR count). The highest BCUT2D eigenvalue weighted by atomic mass is 32.1. The van der Waals surface area contributed by atoms with Gasteiger partial charge in [-0.15, -0.1) is 11.3 Å². The van der Waals surface area contributed by atoms with Gasteiger partial charge >= 0.3 is 0 Å². The summed E-state index contributed by atoms with van der Waals surface area (Å²) in [4.78, 5) is 18.6. The third kappa shape index (κ3) is 3.53. The zero-order valence-electron chi connectivity index (χ0n) is 8.95. The molecule has 6 heteroatoms. The van der Waals surface area contributed by atoms with Crippen LogP contribution in [0, 0.1) is 0 Å². The molecule has 0 aliphatic heterocycles. The third-order valence-corrected chi connectivity index (χ3v) is 2.72. The molecule has 0 fully saturated rings. The number of nitrogens with zero attached hydrogens (tertiary/aromatic N) is 2. The summed E-state index contributed by atoms with van der Waals surface area (Å²) in [7, 11) is 0. The van der Waals surface area contributed by atoms with Crippen LogP contribution in [0.2, 0.25) is 0 Å². The second-order valence-electron chi connectivity index (χ2n) is 3.29. The maximum absolute atomic E-state index is 10.4. The third-order valence-electron chi connectivity index (χ3n) is 2.09. The molecule has 1 unspecified atom stereocenters. The van der Waals surface area contributed by atoms with E-state index in [1.165, 1.54) is 11.3 Å². The number of carbonyl (C=O) groups excluding carboxylic acids is 1. The van der Waals surface area contributed by atoms with Gasteiger partial charge in [-0.3, -0.25) is 9.78 Å². The van der Waals surface area contributed by atoms with Crippen molar-refractivity contribution in [2.24, 2.45) is 0 Å². The van der Waals surface area contributed by atoms with E-state index in [4.69, 9.17) is 4.74 Å². The zero-order valence-corrected chi connectivity index (χ0v) is 9.76. The molecule has 0 saturated heterocycles. The lowest BCUT2D eigenvalue weighted by atomic mass is 10.3. The molecule has 2 heterocycles.